The number of aromatic nitrogens is 1. The summed E-state index contributed by atoms with van der Waals surface area (Å²) >= 11 is 0. The maximum atomic E-state index is 11.8. The first-order chi connectivity index (χ1) is 7.62. The lowest BCUT2D eigenvalue weighted by molar-refractivity contribution is 0.0870. The summed E-state index contributed by atoms with van der Waals surface area (Å²) in [5, 5.41) is 20.2. The van der Waals surface area contributed by atoms with Crippen LogP contribution in [-0.2, 0) is 6.54 Å². The monoisotopic (exact) mass is 227 g/mol. The number of rotatable bonds is 5. The van der Waals surface area contributed by atoms with Crippen molar-refractivity contribution in [2.75, 3.05) is 18.9 Å². The minimum absolute atomic E-state index is 0.301. The van der Waals surface area contributed by atoms with Gasteiger partial charge in [-0.05, 0) is 13.0 Å². The van der Waals surface area contributed by atoms with E-state index in [0.717, 1.165) is 0 Å². The molecule has 0 radical (unpaired) electrons. The number of nitrogen functional groups attached to an aromatic ring is 1. The third-order valence-electron chi connectivity index (χ3n) is 2.27. The highest BCUT2D eigenvalue weighted by Crippen LogP contribution is 2.10. The van der Waals surface area contributed by atoms with Gasteiger partial charge in [-0.25, -0.2) is 0 Å². The Morgan fingerprint density at radius 1 is 1.56 bits per heavy atom. The first-order valence-electron chi connectivity index (χ1n) is 5.10. The van der Waals surface area contributed by atoms with Gasteiger partial charge in [-0.3, -0.25) is 4.79 Å². The third-order valence-corrected chi connectivity index (χ3v) is 2.27. The van der Waals surface area contributed by atoms with Gasteiger partial charge in [0.2, 0.25) is 0 Å². The van der Waals surface area contributed by atoms with Crippen LogP contribution in [0.25, 0.3) is 0 Å². The predicted molar refractivity (Wildman–Crippen MR) is 59.9 cm³/mol. The maximum Gasteiger partial charge on any atom is 0.268 e. The Labute approximate surface area is 93.7 Å². The number of amides is 1. The molecule has 0 saturated carbocycles. The van der Waals surface area contributed by atoms with E-state index >= 15 is 0 Å². The molecule has 1 heterocycles. The second-order valence-electron chi connectivity index (χ2n) is 3.48. The first kappa shape index (κ1) is 12.5. The molecule has 0 atom stereocenters. The van der Waals surface area contributed by atoms with Crippen molar-refractivity contribution >= 4 is 11.6 Å². The van der Waals surface area contributed by atoms with E-state index < -0.39 is 6.04 Å². The lowest BCUT2D eigenvalue weighted by Gasteiger charge is -2.13. The average Bonchev–Trinajstić information content (AvgIpc) is 2.67. The van der Waals surface area contributed by atoms with Crippen LogP contribution in [0, 0.1) is 0 Å². The zero-order chi connectivity index (χ0) is 12.1. The van der Waals surface area contributed by atoms with Crippen molar-refractivity contribution in [2.45, 2.75) is 19.5 Å². The molecule has 0 unspecified atom stereocenters. The molecule has 0 aliphatic carbocycles. The van der Waals surface area contributed by atoms with Crippen LogP contribution in [0.1, 0.15) is 17.4 Å². The number of nitrogens with two attached hydrogens (primary N) is 1. The molecule has 5 N–H and O–H groups in total. The molecule has 6 heteroatoms. The summed E-state index contributed by atoms with van der Waals surface area (Å²) < 4.78 is 1.70. The van der Waals surface area contributed by atoms with Crippen LogP contribution in [0.3, 0.4) is 0 Å². The normalized spacial score (nSPS) is 10.8. The molecule has 0 saturated heterocycles. The van der Waals surface area contributed by atoms with E-state index in [1.165, 1.54) is 0 Å². The van der Waals surface area contributed by atoms with Gasteiger partial charge < -0.3 is 25.8 Å². The molecule has 90 valence electrons. The van der Waals surface area contributed by atoms with E-state index in [4.69, 9.17) is 15.9 Å². The van der Waals surface area contributed by atoms with Crippen LogP contribution in [0.15, 0.2) is 12.3 Å². The average molecular weight is 227 g/mol. The molecule has 1 rings (SSSR count). The zero-order valence-electron chi connectivity index (χ0n) is 9.18. The van der Waals surface area contributed by atoms with Crippen molar-refractivity contribution in [3.63, 3.8) is 0 Å². The van der Waals surface area contributed by atoms with Crippen molar-refractivity contribution < 1.29 is 15.0 Å². The van der Waals surface area contributed by atoms with Crippen LogP contribution >= 0.6 is 0 Å². The van der Waals surface area contributed by atoms with Crippen molar-refractivity contribution in [2.24, 2.45) is 0 Å². The Kier molecular flexibility index (Phi) is 4.33. The van der Waals surface area contributed by atoms with Crippen molar-refractivity contribution in [1.82, 2.24) is 9.88 Å². The highest BCUT2D eigenvalue weighted by atomic mass is 16.3. The van der Waals surface area contributed by atoms with Gasteiger partial charge >= 0.3 is 0 Å². The summed E-state index contributed by atoms with van der Waals surface area (Å²) in [4.78, 5) is 11.8. The quantitative estimate of drug-likeness (QED) is 0.527. The maximum absolute atomic E-state index is 11.8. The lowest BCUT2D eigenvalue weighted by atomic mass is 10.3. The number of nitrogens with one attached hydrogen (secondary N) is 1. The number of nitrogens with zero attached hydrogens (tertiary/aromatic N) is 1. The molecule has 6 nitrogen and oxygen atoms in total. The van der Waals surface area contributed by atoms with Crippen molar-refractivity contribution in [3.8, 4) is 0 Å². The number of aliphatic hydroxyl groups is 2. The number of hydrogen-bond acceptors (Lipinski definition) is 4. The minimum atomic E-state index is -0.645. The van der Waals surface area contributed by atoms with Gasteiger partial charge in [-0.2, -0.15) is 0 Å². The first-order valence-corrected chi connectivity index (χ1v) is 5.10. The van der Waals surface area contributed by atoms with Crippen LogP contribution in [0.5, 0.6) is 0 Å². The van der Waals surface area contributed by atoms with E-state index in [1.54, 1.807) is 16.8 Å². The molecule has 0 bridgehead atoms. The number of aryl methyl sites for hydroxylation is 1. The summed E-state index contributed by atoms with van der Waals surface area (Å²) in [6.45, 7) is 1.92. The van der Waals surface area contributed by atoms with Crippen molar-refractivity contribution in [3.05, 3.63) is 18.0 Å². The summed E-state index contributed by atoms with van der Waals surface area (Å²) in [6.07, 6.45) is 1.67. The number of aliphatic hydroxyl groups excluding tert-OH is 2. The van der Waals surface area contributed by atoms with Gasteiger partial charge in [0.25, 0.3) is 5.91 Å². The second kappa shape index (κ2) is 5.53. The van der Waals surface area contributed by atoms with Gasteiger partial charge in [-0.15, -0.1) is 0 Å². The SMILES string of the molecule is CCn1cc(N)cc1C(=O)NC(CO)CO. The summed E-state index contributed by atoms with van der Waals surface area (Å²) in [7, 11) is 0. The standard InChI is InChI=1S/C10H17N3O3/c1-2-13-4-7(11)3-9(13)10(16)12-8(5-14)6-15/h3-4,8,14-15H,2,5-6,11H2,1H3,(H,12,16). The van der Waals surface area contributed by atoms with E-state index in [2.05, 4.69) is 5.32 Å². The third kappa shape index (κ3) is 2.74. The number of carbonyl (C=O) groups excluding carboxylic acids is 1. The van der Waals surface area contributed by atoms with Crippen LogP contribution < -0.4 is 11.1 Å². The fourth-order valence-electron chi connectivity index (χ4n) is 1.39. The largest absolute Gasteiger partial charge is 0.397 e. The second-order valence-corrected chi connectivity index (χ2v) is 3.48. The fraction of sp³-hybridized carbons (Fsp3) is 0.500. The molecule has 0 aliphatic rings. The molecule has 1 aromatic rings. The Balaban J connectivity index is 2.79. The molecule has 0 aromatic carbocycles. The molecule has 16 heavy (non-hydrogen) atoms. The summed E-state index contributed by atoms with van der Waals surface area (Å²) in [5.74, 6) is -0.355. The van der Waals surface area contributed by atoms with E-state index in [-0.39, 0.29) is 19.1 Å². The topological polar surface area (TPSA) is 101 Å². The molecule has 0 fully saturated rings. The van der Waals surface area contributed by atoms with Gasteiger partial charge in [0.1, 0.15) is 5.69 Å². The van der Waals surface area contributed by atoms with Gasteiger partial charge in [0.15, 0.2) is 0 Å². The van der Waals surface area contributed by atoms with E-state index in [9.17, 15) is 4.79 Å². The highest BCUT2D eigenvalue weighted by molar-refractivity contribution is 5.94. The molecular formula is C10H17N3O3. The summed E-state index contributed by atoms with van der Waals surface area (Å²) in [6, 6.07) is 0.916. The summed E-state index contributed by atoms with van der Waals surface area (Å²) in [5.41, 5.74) is 6.52. The van der Waals surface area contributed by atoms with Gasteiger partial charge in [0, 0.05) is 12.7 Å². The molecule has 1 aromatic heterocycles. The molecular weight excluding hydrogens is 210 g/mol. The Hall–Kier alpha value is -1.53. The zero-order valence-corrected chi connectivity index (χ0v) is 9.18. The van der Waals surface area contributed by atoms with Crippen LogP contribution in [0.2, 0.25) is 0 Å². The molecule has 0 spiro atoms. The van der Waals surface area contributed by atoms with Crippen LogP contribution in [-0.4, -0.2) is 39.9 Å². The number of carbonyl (C=O) groups is 1. The minimum Gasteiger partial charge on any atom is -0.397 e. The number of anilines is 1. The molecule has 1 amide bonds. The lowest BCUT2D eigenvalue weighted by Crippen LogP contribution is -2.40. The Morgan fingerprint density at radius 2 is 2.19 bits per heavy atom. The van der Waals surface area contributed by atoms with Crippen molar-refractivity contribution in [1.29, 1.82) is 0 Å². The predicted octanol–water partition coefficient (Wildman–Crippen LogP) is -0.827. The van der Waals surface area contributed by atoms with E-state index in [1.807, 2.05) is 6.92 Å². The Morgan fingerprint density at radius 3 is 2.69 bits per heavy atom. The Bertz CT molecular complexity index is 358. The van der Waals surface area contributed by atoms with Crippen LogP contribution in [0.4, 0.5) is 5.69 Å². The van der Waals surface area contributed by atoms with E-state index in [0.29, 0.717) is 17.9 Å². The van der Waals surface area contributed by atoms with Gasteiger partial charge in [0.05, 0.1) is 24.9 Å². The fourth-order valence-corrected chi connectivity index (χ4v) is 1.39. The smallest absolute Gasteiger partial charge is 0.268 e. The molecule has 0 aliphatic heterocycles. The highest BCUT2D eigenvalue weighted by Gasteiger charge is 2.15. The number of hydrogen-bond donors (Lipinski definition) is 4. The van der Waals surface area contributed by atoms with Gasteiger partial charge in [-0.1, -0.05) is 0 Å².